The summed E-state index contributed by atoms with van der Waals surface area (Å²) in [6.07, 6.45) is 8.56. The lowest BCUT2D eigenvalue weighted by molar-refractivity contribution is 0.0735. The van der Waals surface area contributed by atoms with Crippen LogP contribution in [-0.2, 0) is 4.74 Å². The second kappa shape index (κ2) is 21.8. The van der Waals surface area contributed by atoms with Gasteiger partial charge in [0.25, 0.3) is 11.8 Å². The smallest absolute Gasteiger partial charge is 0.345 e. The molecule has 16 nitrogen and oxygen atoms in total. The molecule has 9 rings (SSSR count). The molecule has 68 heavy (non-hydrogen) atoms. The first-order valence-corrected chi connectivity index (χ1v) is 26.9. The second-order valence-corrected chi connectivity index (χ2v) is 22.1. The number of fused-ring (bicyclic) bond motifs is 1. The second-order valence-electron chi connectivity index (χ2n) is 18.1. The van der Waals surface area contributed by atoms with Crippen LogP contribution in [-0.4, -0.2) is 99.2 Å². The van der Waals surface area contributed by atoms with E-state index >= 15 is 0 Å². The van der Waals surface area contributed by atoms with Crippen LogP contribution in [0, 0.1) is 21.0 Å². The van der Waals surface area contributed by atoms with Crippen LogP contribution < -0.4 is 16.4 Å². The maximum Gasteiger partial charge on any atom is 0.345 e. The van der Waals surface area contributed by atoms with Gasteiger partial charge < -0.3 is 21.1 Å². The van der Waals surface area contributed by atoms with Crippen molar-refractivity contribution in [2.75, 3.05) is 35.1 Å². The number of thioether (sulfide) groups is 2. The lowest BCUT2D eigenvalue weighted by Crippen LogP contribution is -2.46. The topological polar surface area (TPSA) is 210 Å². The minimum absolute atomic E-state index is 0.241. The van der Waals surface area contributed by atoms with Crippen LogP contribution in [0.4, 0.5) is 11.4 Å². The van der Waals surface area contributed by atoms with Crippen molar-refractivity contribution in [3.05, 3.63) is 113 Å². The summed E-state index contributed by atoms with van der Waals surface area (Å²) in [7, 11) is 0. The summed E-state index contributed by atoms with van der Waals surface area (Å²) in [5.41, 5.74) is 12.7. The molecule has 0 unspecified atom stereocenters. The van der Waals surface area contributed by atoms with Crippen molar-refractivity contribution in [1.29, 1.82) is 0 Å². The number of nitrogen functional groups attached to an aromatic ring is 1. The van der Waals surface area contributed by atoms with Crippen molar-refractivity contribution < 1.29 is 19.1 Å². The first-order chi connectivity index (χ1) is 32.4. The Labute approximate surface area is 431 Å². The van der Waals surface area contributed by atoms with E-state index in [0.717, 1.165) is 76.6 Å². The molecule has 0 radical (unpaired) electrons. The molecule has 2 fully saturated rings. The standard InChI is InChI=1S/C24H27IN6O2S.C13H14INO2S.C11H13N5/c1-14-12-15(21-28-29-30-31(21)16-9-10-16)8-11-19(14)26-22(32)17-6-5-7-18(25)20(17)23(33)27-24(2,3)13-34-4;1-13(2,7-18-3)15-11-10-8(12(16)17-11)5-4-6-9(10)14;1-7-6-8(2-5-10(7)12)11-13-14-15-16(11)9-3-4-9/h5-8,11-12,16H,9-10,13H2,1-4H3,(H,26,32)(H,27,33);4-6H,7H2,1-3H3;2,5-6,9H,3-4,12H2,1H3. The monoisotopic (exact) mass is 1180 g/mol. The van der Waals surface area contributed by atoms with Gasteiger partial charge >= 0.3 is 5.97 Å². The van der Waals surface area contributed by atoms with E-state index in [1.165, 1.54) is 12.8 Å². The number of aryl methyl sites for hydroxylation is 2. The summed E-state index contributed by atoms with van der Waals surface area (Å²) in [6.45, 7) is 11.9. The molecule has 0 atom stereocenters. The van der Waals surface area contributed by atoms with E-state index in [4.69, 9.17) is 10.5 Å². The summed E-state index contributed by atoms with van der Waals surface area (Å²) in [5.74, 6) is 2.78. The Hall–Kier alpha value is -4.94. The normalized spacial score (nSPS) is 14.9. The van der Waals surface area contributed by atoms with Crippen LogP contribution in [0.2, 0.25) is 0 Å². The fourth-order valence-electron chi connectivity index (χ4n) is 7.40. The van der Waals surface area contributed by atoms with Crippen LogP contribution in [0.15, 0.2) is 77.8 Å². The number of nitrogens with zero attached hydrogens (tertiary/aromatic N) is 9. The number of amides is 2. The molecule has 6 aromatic rings. The van der Waals surface area contributed by atoms with Gasteiger partial charge in [-0.05, 0) is 218 Å². The quantitative estimate of drug-likeness (QED) is 0.0560. The predicted molar refractivity (Wildman–Crippen MR) is 288 cm³/mol. The first kappa shape index (κ1) is 50.9. The van der Waals surface area contributed by atoms with E-state index in [0.29, 0.717) is 40.4 Å². The van der Waals surface area contributed by atoms with Crippen LogP contribution in [0.1, 0.15) is 113 Å². The number of anilines is 2. The third kappa shape index (κ3) is 12.4. The number of ether oxygens (including phenoxy) is 1. The highest BCUT2D eigenvalue weighted by Crippen LogP contribution is 2.38. The number of carbonyl (C=O) groups is 3. The zero-order chi connectivity index (χ0) is 48.9. The van der Waals surface area contributed by atoms with Crippen molar-refractivity contribution in [2.45, 2.75) is 90.4 Å². The number of benzene rings is 4. The summed E-state index contributed by atoms with van der Waals surface area (Å²) < 4.78 is 10.8. The van der Waals surface area contributed by atoms with Gasteiger partial charge in [0.2, 0.25) is 5.90 Å². The van der Waals surface area contributed by atoms with Gasteiger partial charge in [-0.1, -0.05) is 12.1 Å². The molecule has 2 aliphatic carbocycles. The molecule has 356 valence electrons. The molecule has 0 saturated heterocycles. The van der Waals surface area contributed by atoms with Crippen molar-refractivity contribution in [2.24, 2.45) is 4.99 Å². The number of aromatic nitrogens is 8. The van der Waals surface area contributed by atoms with E-state index in [-0.39, 0.29) is 23.3 Å². The van der Waals surface area contributed by atoms with Crippen molar-refractivity contribution in [1.82, 2.24) is 45.7 Å². The maximum atomic E-state index is 13.3. The Morgan fingerprint density at radius 1 is 0.794 bits per heavy atom. The van der Waals surface area contributed by atoms with E-state index < -0.39 is 5.54 Å². The molecule has 4 N–H and O–H groups in total. The first-order valence-electron chi connectivity index (χ1n) is 21.9. The molecule has 1 aliphatic heterocycles. The lowest BCUT2D eigenvalue weighted by Gasteiger charge is -2.26. The zero-order valence-electron chi connectivity index (χ0n) is 39.1. The molecule has 0 bridgehead atoms. The fraction of sp³-hybridized carbons (Fsp3) is 0.375. The molecule has 3 heterocycles. The largest absolute Gasteiger partial charge is 0.403 e. The molecular formula is C48H54I2N12O4S2. The number of rotatable bonds is 13. The highest BCUT2D eigenvalue weighted by molar-refractivity contribution is 14.1. The van der Waals surface area contributed by atoms with Crippen LogP contribution in [0.25, 0.3) is 22.8 Å². The summed E-state index contributed by atoms with van der Waals surface area (Å²) in [5, 5.41) is 30.0. The Kier molecular flexibility index (Phi) is 16.3. The van der Waals surface area contributed by atoms with Crippen molar-refractivity contribution >= 4 is 104 Å². The minimum atomic E-state index is -0.397. The predicted octanol–water partition coefficient (Wildman–Crippen LogP) is 9.63. The third-order valence-electron chi connectivity index (χ3n) is 11.0. The average molecular weight is 1180 g/mol. The number of nitrogens with one attached hydrogen (secondary N) is 2. The fourth-order valence-corrected chi connectivity index (χ4v) is 10.4. The summed E-state index contributed by atoms with van der Waals surface area (Å²) in [4.78, 5) is 42.8. The number of nitrogens with two attached hydrogens (primary N) is 1. The molecule has 2 amide bonds. The molecule has 4 aromatic carbocycles. The zero-order valence-corrected chi connectivity index (χ0v) is 45.1. The van der Waals surface area contributed by atoms with E-state index in [2.05, 4.69) is 91.9 Å². The average Bonchev–Trinajstić information content (AvgIpc) is 4.18. The molecule has 3 aliphatic rings. The van der Waals surface area contributed by atoms with E-state index in [1.807, 2.05) is 118 Å². The van der Waals surface area contributed by atoms with Crippen LogP contribution in [0.3, 0.4) is 0 Å². The molecule has 2 aromatic heterocycles. The number of halogens is 2. The van der Waals surface area contributed by atoms with Crippen LogP contribution in [0.5, 0.6) is 0 Å². The van der Waals surface area contributed by atoms with E-state index in [9.17, 15) is 14.4 Å². The number of aliphatic imine (C=N–C) groups is 1. The number of carbonyl (C=O) groups excluding carboxylic acids is 3. The number of hydrogen-bond donors (Lipinski definition) is 3. The molecule has 0 spiro atoms. The summed E-state index contributed by atoms with van der Waals surface area (Å²) >= 11 is 7.70. The van der Waals surface area contributed by atoms with Crippen molar-refractivity contribution in [3.8, 4) is 22.8 Å². The van der Waals surface area contributed by atoms with Gasteiger partial charge in [0.05, 0.1) is 39.9 Å². The van der Waals surface area contributed by atoms with Crippen molar-refractivity contribution in [3.63, 3.8) is 0 Å². The van der Waals surface area contributed by atoms with E-state index in [1.54, 1.807) is 41.7 Å². The number of hydrogen-bond acceptors (Lipinski definition) is 14. The lowest BCUT2D eigenvalue weighted by atomic mass is 10.0. The SMILES string of the molecule is CSCC(C)(C)N=C1OC(=O)c2cccc(I)c21.CSCC(C)(C)NC(=O)c1c(I)cccc1C(=O)Nc1ccc(-c2nnnn2C2CC2)cc1C.Cc1cc(-c2nnnn2C2CC2)ccc1N. The highest BCUT2D eigenvalue weighted by Gasteiger charge is 2.33. The van der Waals surface area contributed by atoms with Gasteiger partial charge in [-0.3, -0.25) is 9.59 Å². The number of cyclic esters (lactones) is 1. The molecular weight excluding hydrogens is 1130 g/mol. The number of tetrazole rings is 2. The van der Waals surface area contributed by atoms with Gasteiger partial charge in [0, 0.05) is 46.7 Å². The van der Waals surface area contributed by atoms with Gasteiger partial charge in [-0.25, -0.2) is 19.2 Å². The van der Waals surface area contributed by atoms with Gasteiger partial charge in [-0.15, -0.1) is 10.2 Å². The Morgan fingerprint density at radius 2 is 1.37 bits per heavy atom. The summed E-state index contributed by atoms with van der Waals surface area (Å²) in [6, 6.07) is 23.4. The Morgan fingerprint density at radius 3 is 1.94 bits per heavy atom. The third-order valence-corrected chi connectivity index (χ3v) is 14.8. The Bertz CT molecular complexity index is 2870. The van der Waals surface area contributed by atoms with Gasteiger partial charge in [0.15, 0.2) is 11.6 Å². The van der Waals surface area contributed by atoms with Gasteiger partial charge in [-0.2, -0.15) is 23.5 Å². The van der Waals surface area contributed by atoms with Gasteiger partial charge in [0.1, 0.15) is 0 Å². The highest BCUT2D eigenvalue weighted by atomic mass is 127. The number of esters is 1. The molecule has 2 saturated carbocycles. The Balaban J connectivity index is 0.000000168. The maximum absolute atomic E-state index is 13.3. The van der Waals surface area contributed by atoms with Crippen LogP contribution >= 0.6 is 68.7 Å². The minimum Gasteiger partial charge on any atom is -0.403 e. The molecule has 20 heteroatoms.